The standard InChI is InChI=1S/C17H19Br2NO/c1-12(2)20-10-14-9-16(7-8-17(14)19)21-11-13-3-5-15(18)6-4-13/h3-9,12,20H,10-11H2,1-2H3. The molecule has 0 unspecified atom stereocenters. The van der Waals surface area contributed by atoms with Crippen LogP contribution in [0.15, 0.2) is 51.4 Å². The minimum Gasteiger partial charge on any atom is -0.489 e. The molecule has 0 fully saturated rings. The third-order valence-electron chi connectivity index (χ3n) is 3.04. The van der Waals surface area contributed by atoms with Gasteiger partial charge in [-0.1, -0.05) is 57.8 Å². The van der Waals surface area contributed by atoms with E-state index in [2.05, 4.69) is 69.2 Å². The van der Waals surface area contributed by atoms with E-state index < -0.39 is 0 Å². The maximum Gasteiger partial charge on any atom is 0.120 e. The Labute approximate surface area is 143 Å². The number of benzene rings is 2. The maximum absolute atomic E-state index is 5.87. The van der Waals surface area contributed by atoms with E-state index in [0.717, 1.165) is 26.8 Å². The summed E-state index contributed by atoms with van der Waals surface area (Å²) in [5.41, 5.74) is 2.36. The SMILES string of the molecule is CC(C)NCc1cc(OCc2ccc(Br)cc2)ccc1Br. The number of hydrogen-bond acceptors (Lipinski definition) is 2. The van der Waals surface area contributed by atoms with Crippen LogP contribution in [0.3, 0.4) is 0 Å². The molecule has 0 saturated heterocycles. The van der Waals surface area contributed by atoms with Crippen molar-refractivity contribution in [3.05, 3.63) is 62.5 Å². The molecule has 0 atom stereocenters. The van der Waals surface area contributed by atoms with Crippen molar-refractivity contribution in [1.82, 2.24) is 5.32 Å². The summed E-state index contributed by atoms with van der Waals surface area (Å²) in [6.07, 6.45) is 0. The smallest absolute Gasteiger partial charge is 0.120 e. The van der Waals surface area contributed by atoms with E-state index in [0.29, 0.717) is 12.6 Å². The zero-order valence-corrected chi connectivity index (χ0v) is 15.4. The Morgan fingerprint density at radius 3 is 2.43 bits per heavy atom. The number of halogens is 2. The summed E-state index contributed by atoms with van der Waals surface area (Å²) in [4.78, 5) is 0. The summed E-state index contributed by atoms with van der Waals surface area (Å²) in [6.45, 7) is 5.68. The highest BCUT2D eigenvalue weighted by Gasteiger charge is 2.04. The van der Waals surface area contributed by atoms with Crippen LogP contribution >= 0.6 is 31.9 Å². The lowest BCUT2D eigenvalue weighted by atomic mass is 10.2. The zero-order chi connectivity index (χ0) is 15.2. The van der Waals surface area contributed by atoms with Crippen molar-refractivity contribution >= 4 is 31.9 Å². The molecule has 0 aliphatic rings. The third-order valence-corrected chi connectivity index (χ3v) is 4.34. The van der Waals surface area contributed by atoms with Crippen molar-refractivity contribution in [1.29, 1.82) is 0 Å². The number of nitrogens with one attached hydrogen (secondary N) is 1. The van der Waals surface area contributed by atoms with Gasteiger partial charge in [-0.25, -0.2) is 0 Å². The van der Waals surface area contributed by atoms with Crippen LogP contribution in [0.1, 0.15) is 25.0 Å². The Hall–Kier alpha value is -0.840. The van der Waals surface area contributed by atoms with Crippen molar-refractivity contribution in [2.75, 3.05) is 0 Å². The molecule has 0 aliphatic heterocycles. The fourth-order valence-corrected chi connectivity index (χ4v) is 2.49. The predicted molar refractivity (Wildman–Crippen MR) is 94.6 cm³/mol. The van der Waals surface area contributed by atoms with Gasteiger partial charge in [-0.15, -0.1) is 0 Å². The second-order valence-electron chi connectivity index (χ2n) is 5.20. The van der Waals surface area contributed by atoms with Gasteiger partial charge >= 0.3 is 0 Å². The fourth-order valence-electron chi connectivity index (χ4n) is 1.84. The van der Waals surface area contributed by atoms with E-state index in [1.807, 2.05) is 24.3 Å². The highest BCUT2D eigenvalue weighted by molar-refractivity contribution is 9.10. The molecule has 1 N–H and O–H groups in total. The van der Waals surface area contributed by atoms with Crippen LogP contribution in [0.2, 0.25) is 0 Å². The minimum atomic E-state index is 0.462. The third kappa shape index (κ3) is 5.46. The van der Waals surface area contributed by atoms with Gasteiger partial charge < -0.3 is 10.1 Å². The lowest BCUT2D eigenvalue weighted by Gasteiger charge is -2.12. The van der Waals surface area contributed by atoms with Gasteiger partial charge in [-0.05, 0) is 41.5 Å². The molecule has 0 radical (unpaired) electrons. The van der Waals surface area contributed by atoms with Crippen LogP contribution in [-0.4, -0.2) is 6.04 Å². The van der Waals surface area contributed by atoms with Gasteiger partial charge in [0, 0.05) is 21.5 Å². The molecule has 0 aliphatic carbocycles. The lowest BCUT2D eigenvalue weighted by molar-refractivity contribution is 0.305. The second-order valence-corrected chi connectivity index (χ2v) is 6.97. The largest absolute Gasteiger partial charge is 0.489 e. The Bertz CT molecular complexity index is 582. The lowest BCUT2D eigenvalue weighted by Crippen LogP contribution is -2.22. The van der Waals surface area contributed by atoms with Gasteiger partial charge in [0.05, 0.1) is 0 Å². The zero-order valence-electron chi connectivity index (χ0n) is 12.2. The van der Waals surface area contributed by atoms with Crippen LogP contribution < -0.4 is 10.1 Å². The summed E-state index contributed by atoms with van der Waals surface area (Å²) in [7, 11) is 0. The van der Waals surface area contributed by atoms with Gasteiger partial charge in [0.25, 0.3) is 0 Å². The first kappa shape index (κ1) is 16.5. The summed E-state index contributed by atoms with van der Waals surface area (Å²) in [5.74, 6) is 0.890. The quantitative estimate of drug-likeness (QED) is 0.695. The summed E-state index contributed by atoms with van der Waals surface area (Å²) < 4.78 is 8.05. The predicted octanol–water partition coefficient (Wildman–Crippen LogP) is 5.29. The van der Waals surface area contributed by atoms with Crippen molar-refractivity contribution in [2.45, 2.75) is 33.0 Å². The Morgan fingerprint density at radius 2 is 1.76 bits per heavy atom. The van der Waals surface area contributed by atoms with Gasteiger partial charge in [0.2, 0.25) is 0 Å². The summed E-state index contributed by atoms with van der Waals surface area (Å²) in [5, 5.41) is 3.42. The molecule has 2 aromatic carbocycles. The first-order chi connectivity index (χ1) is 10.0. The molecule has 0 amide bonds. The second kappa shape index (κ2) is 7.97. The topological polar surface area (TPSA) is 21.3 Å². The molecule has 0 heterocycles. The molecule has 2 aromatic rings. The number of hydrogen-bond donors (Lipinski definition) is 1. The van der Waals surface area contributed by atoms with Crippen LogP contribution in [0.5, 0.6) is 5.75 Å². The Kier molecular flexibility index (Phi) is 6.27. The molecule has 0 bridgehead atoms. The summed E-state index contributed by atoms with van der Waals surface area (Å²) >= 11 is 7.02. The van der Waals surface area contributed by atoms with E-state index in [1.165, 1.54) is 5.56 Å². The van der Waals surface area contributed by atoms with Crippen LogP contribution in [0.25, 0.3) is 0 Å². The molecule has 0 aromatic heterocycles. The highest BCUT2D eigenvalue weighted by atomic mass is 79.9. The average Bonchev–Trinajstić information content (AvgIpc) is 2.46. The van der Waals surface area contributed by atoms with E-state index in [-0.39, 0.29) is 0 Å². The molecule has 4 heteroatoms. The van der Waals surface area contributed by atoms with E-state index in [9.17, 15) is 0 Å². The van der Waals surface area contributed by atoms with Crippen LogP contribution in [0.4, 0.5) is 0 Å². The van der Waals surface area contributed by atoms with Crippen molar-refractivity contribution in [3.8, 4) is 5.75 Å². The maximum atomic E-state index is 5.87. The first-order valence-corrected chi connectivity index (χ1v) is 8.52. The van der Waals surface area contributed by atoms with E-state index >= 15 is 0 Å². The Morgan fingerprint density at radius 1 is 1.05 bits per heavy atom. The van der Waals surface area contributed by atoms with E-state index in [4.69, 9.17) is 4.74 Å². The summed E-state index contributed by atoms with van der Waals surface area (Å²) in [6, 6.07) is 14.7. The highest BCUT2D eigenvalue weighted by Crippen LogP contribution is 2.23. The average molecular weight is 413 g/mol. The minimum absolute atomic E-state index is 0.462. The molecule has 0 spiro atoms. The van der Waals surface area contributed by atoms with Gasteiger partial charge in [0.1, 0.15) is 12.4 Å². The van der Waals surface area contributed by atoms with Crippen molar-refractivity contribution < 1.29 is 4.74 Å². The van der Waals surface area contributed by atoms with Gasteiger partial charge in [-0.3, -0.25) is 0 Å². The molecule has 2 rings (SSSR count). The first-order valence-electron chi connectivity index (χ1n) is 6.93. The Balaban J connectivity index is 1.99. The molecule has 0 saturated carbocycles. The van der Waals surface area contributed by atoms with E-state index in [1.54, 1.807) is 0 Å². The normalized spacial score (nSPS) is 10.9. The molecule has 2 nitrogen and oxygen atoms in total. The molecule has 21 heavy (non-hydrogen) atoms. The number of ether oxygens (including phenoxy) is 1. The monoisotopic (exact) mass is 411 g/mol. The molecule has 112 valence electrons. The fraction of sp³-hybridized carbons (Fsp3) is 0.294. The van der Waals surface area contributed by atoms with Gasteiger partial charge in [0.15, 0.2) is 0 Å². The van der Waals surface area contributed by atoms with Crippen LogP contribution in [-0.2, 0) is 13.2 Å². The molecular weight excluding hydrogens is 394 g/mol. The molecular formula is C17H19Br2NO. The van der Waals surface area contributed by atoms with Crippen molar-refractivity contribution in [2.24, 2.45) is 0 Å². The van der Waals surface area contributed by atoms with Crippen LogP contribution in [0, 0.1) is 0 Å². The van der Waals surface area contributed by atoms with Crippen molar-refractivity contribution in [3.63, 3.8) is 0 Å². The number of rotatable bonds is 6. The van der Waals surface area contributed by atoms with Gasteiger partial charge in [-0.2, -0.15) is 0 Å².